The van der Waals surface area contributed by atoms with Crippen LogP contribution in [-0.2, 0) is 26.0 Å². The Bertz CT molecular complexity index is 535. The molecule has 1 aliphatic rings. The second-order valence-corrected chi connectivity index (χ2v) is 4.48. The van der Waals surface area contributed by atoms with Gasteiger partial charge in [-0.2, -0.15) is 0 Å². The van der Waals surface area contributed by atoms with E-state index >= 15 is 0 Å². The molecule has 4 heteroatoms. The number of fused-ring (bicyclic) bond motifs is 1. The van der Waals surface area contributed by atoms with Crippen molar-refractivity contribution in [2.75, 3.05) is 0 Å². The third-order valence-electron chi connectivity index (χ3n) is 3.24. The zero-order valence-corrected chi connectivity index (χ0v) is 10.2. The minimum absolute atomic E-state index is 0.395. The molecule has 0 amide bonds. The van der Waals surface area contributed by atoms with Gasteiger partial charge in [0.05, 0.1) is 6.26 Å². The van der Waals surface area contributed by atoms with E-state index in [2.05, 4.69) is 11.1 Å². The molecule has 0 saturated heterocycles. The van der Waals surface area contributed by atoms with Crippen LogP contribution in [0.5, 0.6) is 5.88 Å². The molecule has 3 rings (SSSR count). The van der Waals surface area contributed by atoms with Gasteiger partial charge in [-0.25, -0.2) is 4.98 Å². The van der Waals surface area contributed by atoms with Crippen molar-refractivity contribution in [3.63, 3.8) is 0 Å². The van der Waals surface area contributed by atoms with Gasteiger partial charge >= 0.3 is 0 Å². The molecule has 0 bridgehead atoms. The molecule has 0 unspecified atom stereocenters. The summed E-state index contributed by atoms with van der Waals surface area (Å²) >= 11 is 0. The zero-order chi connectivity index (χ0) is 12.4. The van der Waals surface area contributed by atoms with E-state index in [9.17, 15) is 0 Å². The van der Waals surface area contributed by atoms with Crippen molar-refractivity contribution in [1.29, 1.82) is 0 Å². The number of furan rings is 1. The lowest BCUT2D eigenvalue weighted by Gasteiger charge is -2.10. The van der Waals surface area contributed by atoms with Crippen LogP contribution in [0.15, 0.2) is 28.9 Å². The van der Waals surface area contributed by atoms with Gasteiger partial charge in [-0.1, -0.05) is 0 Å². The Labute approximate surface area is 106 Å². The largest absolute Gasteiger partial charge is 0.469 e. The lowest BCUT2D eigenvalue weighted by molar-refractivity contribution is 0.257. The number of hydrogen-bond acceptors (Lipinski definition) is 4. The SMILES string of the molecule is NCc1cc2c(nc1OCc1ccco1)CCC2. The summed E-state index contributed by atoms with van der Waals surface area (Å²) in [6.07, 6.45) is 4.96. The van der Waals surface area contributed by atoms with Crippen LogP contribution in [0.3, 0.4) is 0 Å². The molecule has 0 aliphatic heterocycles. The highest BCUT2D eigenvalue weighted by molar-refractivity contribution is 5.36. The van der Waals surface area contributed by atoms with Crippen LogP contribution in [0, 0.1) is 0 Å². The van der Waals surface area contributed by atoms with Crippen LogP contribution < -0.4 is 10.5 Å². The summed E-state index contributed by atoms with van der Waals surface area (Å²) in [7, 11) is 0. The standard InChI is InChI=1S/C14H16N2O2/c15-8-11-7-10-3-1-5-13(10)16-14(11)18-9-12-4-2-6-17-12/h2,4,6-7H,1,3,5,8-9,15H2. The molecule has 2 N–H and O–H groups in total. The molecular weight excluding hydrogens is 228 g/mol. The summed E-state index contributed by atoms with van der Waals surface area (Å²) in [4.78, 5) is 4.58. The molecule has 2 aromatic heterocycles. The monoisotopic (exact) mass is 244 g/mol. The fourth-order valence-electron chi connectivity index (χ4n) is 2.31. The summed E-state index contributed by atoms with van der Waals surface area (Å²) in [5, 5.41) is 0. The Hall–Kier alpha value is -1.81. The quantitative estimate of drug-likeness (QED) is 0.895. The average Bonchev–Trinajstić information content (AvgIpc) is 3.05. The van der Waals surface area contributed by atoms with E-state index in [1.54, 1.807) is 6.26 Å². The number of nitrogens with two attached hydrogens (primary N) is 1. The Morgan fingerprint density at radius 3 is 3.11 bits per heavy atom. The van der Waals surface area contributed by atoms with E-state index in [4.69, 9.17) is 14.9 Å². The molecule has 4 nitrogen and oxygen atoms in total. The van der Waals surface area contributed by atoms with Gasteiger partial charge in [0.2, 0.25) is 5.88 Å². The van der Waals surface area contributed by atoms with Crippen LogP contribution in [0.1, 0.15) is 29.0 Å². The summed E-state index contributed by atoms with van der Waals surface area (Å²) in [6.45, 7) is 0.847. The first-order valence-electron chi connectivity index (χ1n) is 6.23. The van der Waals surface area contributed by atoms with E-state index in [-0.39, 0.29) is 0 Å². The second-order valence-electron chi connectivity index (χ2n) is 4.48. The predicted molar refractivity (Wildman–Crippen MR) is 67.2 cm³/mol. The van der Waals surface area contributed by atoms with Crippen LogP contribution in [-0.4, -0.2) is 4.98 Å². The van der Waals surface area contributed by atoms with Crippen molar-refractivity contribution in [3.05, 3.63) is 47.0 Å². The normalized spacial score (nSPS) is 13.6. The van der Waals surface area contributed by atoms with Crippen LogP contribution in [0.4, 0.5) is 0 Å². The highest BCUT2D eigenvalue weighted by Gasteiger charge is 2.16. The maximum Gasteiger partial charge on any atom is 0.218 e. The van der Waals surface area contributed by atoms with Crippen molar-refractivity contribution < 1.29 is 9.15 Å². The highest BCUT2D eigenvalue weighted by atomic mass is 16.5. The number of aromatic nitrogens is 1. The molecule has 0 saturated carbocycles. The highest BCUT2D eigenvalue weighted by Crippen LogP contribution is 2.26. The molecular formula is C14H16N2O2. The van der Waals surface area contributed by atoms with E-state index in [0.29, 0.717) is 19.0 Å². The van der Waals surface area contributed by atoms with E-state index in [1.165, 1.54) is 12.0 Å². The van der Waals surface area contributed by atoms with Gasteiger partial charge in [-0.05, 0) is 43.0 Å². The van der Waals surface area contributed by atoms with E-state index < -0.39 is 0 Å². The number of rotatable bonds is 4. The van der Waals surface area contributed by atoms with Gasteiger partial charge in [0.25, 0.3) is 0 Å². The molecule has 0 fully saturated rings. The van der Waals surface area contributed by atoms with Gasteiger partial charge in [0.15, 0.2) is 0 Å². The van der Waals surface area contributed by atoms with Crippen molar-refractivity contribution in [1.82, 2.24) is 4.98 Å². The number of ether oxygens (including phenoxy) is 1. The lowest BCUT2D eigenvalue weighted by atomic mass is 10.1. The maximum absolute atomic E-state index is 5.75. The molecule has 18 heavy (non-hydrogen) atoms. The molecule has 1 aliphatic carbocycles. The molecule has 0 aromatic carbocycles. The molecule has 2 aromatic rings. The lowest BCUT2D eigenvalue weighted by Crippen LogP contribution is -2.06. The van der Waals surface area contributed by atoms with Gasteiger partial charge < -0.3 is 14.9 Å². The van der Waals surface area contributed by atoms with Crippen molar-refractivity contribution >= 4 is 0 Å². The Balaban J connectivity index is 1.82. The van der Waals surface area contributed by atoms with Gasteiger partial charge in [-0.3, -0.25) is 0 Å². The number of hydrogen-bond donors (Lipinski definition) is 1. The summed E-state index contributed by atoms with van der Waals surface area (Å²) in [5.41, 5.74) is 9.20. The molecule has 94 valence electrons. The first kappa shape index (κ1) is 11.3. The Morgan fingerprint density at radius 1 is 1.39 bits per heavy atom. The zero-order valence-electron chi connectivity index (χ0n) is 10.2. The summed E-state index contributed by atoms with van der Waals surface area (Å²) < 4.78 is 11.0. The predicted octanol–water partition coefficient (Wildman–Crippen LogP) is 2.20. The van der Waals surface area contributed by atoms with Gasteiger partial charge in [0, 0.05) is 17.8 Å². The third kappa shape index (κ3) is 2.11. The van der Waals surface area contributed by atoms with Crippen LogP contribution in [0.2, 0.25) is 0 Å². The molecule has 2 heterocycles. The van der Waals surface area contributed by atoms with E-state index in [1.807, 2.05) is 12.1 Å². The third-order valence-corrected chi connectivity index (χ3v) is 3.24. The van der Waals surface area contributed by atoms with Crippen molar-refractivity contribution in [2.24, 2.45) is 5.73 Å². The molecule has 0 atom stereocenters. The summed E-state index contributed by atoms with van der Waals surface area (Å²) in [6, 6.07) is 5.86. The molecule has 0 spiro atoms. The first-order chi connectivity index (χ1) is 8.86. The van der Waals surface area contributed by atoms with E-state index in [0.717, 1.165) is 29.9 Å². The molecule has 0 radical (unpaired) electrons. The van der Waals surface area contributed by atoms with Crippen LogP contribution >= 0.6 is 0 Å². The minimum Gasteiger partial charge on any atom is -0.469 e. The number of pyridine rings is 1. The number of aryl methyl sites for hydroxylation is 2. The Morgan fingerprint density at radius 2 is 2.33 bits per heavy atom. The van der Waals surface area contributed by atoms with Gasteiger partial charge in [-0.15, -0.1) is 0 Å². The van der Waals surface area contributed by atoms with Crippen LogP contribution in [0.25, 0.3) is 0 Å². The van der Waals surface area contributed by atoms with Crippen molar-refractivity contribution in [2.45, 2.75) is 32.4 Å². The average molecular weight is 244 g/mol. The topological polar surface area (TPSA) is 61.3 Å². The number of nitrogens with zero attached hydrogens (tertiary/aromatic N) is 1. The fourth-order valence-corrected chi connectivity index (χ4v) is 2.31. The van der Waals surface area contributed by atoms with Gasteiger partial charge in [0.1, 0.15) is 12.4 Å². The second kappa shape index (κ2) is 4.82. The smallest absolute Gasteiger partial charge is 0.218 e. The first-order valence-corrected chi connectivity index (χ1v) is 6.23. The maximum atomic E-state index is 5.75. The Kier molecular flexibility index (Phi) is 3.02. The fraction of sp³-hybridized carbons (Fsp3) is 0.357. The minimum atomic E-state index is 0.395. The van der Waals surface area contributed by atoms with Crippen molar-refractivity contribution in [3.8, 4) is 5.88 Å². The summed E-state index contributed by atoms with van der Waals surface area (Å²) in [5.74, 6) is 1.44.